The van der Waals surface area contributed by atoms with Gasteiger partial charge >= 0.3 is 0 Å². The van der Waals surface area contributed by atoms with Crippen LogP contribution in [0.25, 0.3) is 0 Å². The summed E-state index contributed by atoms with van der Waals surface area (Å²) in [7, 11) is -3.25. The van der Waals surface area contributed by atoms with Crippen LogP contribution in [0.3, 0.4) is 0 Å². The Morgan fingerprint density at radius 3 is 3.05 bits per heavy atom. The van der Waals surface area contributed by atoms with Gasteiger partial charge in [-0.2, -0.15) is 0 Å². The summed E-state index contributed by atoms with van der Waals surface area (Å²) in [5, 5.41) is 0. The quantitative estimate of drug-likeness (QED) is 0.897. The summed E-state index contributed by atoms with van der Waals surface area (Å²) in [5.74, 6) is 0.744. The molecule has 3 rings (SSSR count). The van der Waals surface area contributed by atoms with E-state index in [1.165, 1.54) is 12.8 Å². The SMILES string of the molecule is C[C@H]1CCCN(Cc2ccc3c(c2)S(=O)(=O)NC3)C1. The molecule has 1 saturated heterocycles. The fourth-order valence-corrected chi connectivity index (χ4v) is 4.33. The number of rotatable bonds is 2. The average molecular weight is 280 g/mol. The van der Waals surface area contributed by atoms with E-state index in [9.17, 15) is 8.42 Å². The Morgan fingerprint density at radius 2 is 2.26 bits per heavy atom. The third-order valence-electron chi connectivity index (χ3n) is 4.02. The Hall–Kier alpha value is -0.910. The van der Waals surface area contributed by atoms with E-state index < -0.39 is 10.0 Å². The lowest BCUT2D eigenvalue weighted by Gasteiger charge is -2.30. The van der Waals surface area contributed by atoms with E-state index in [-0.39, 0.29) is 0 Å². The van der Waals surface area contributed by atoms with Crippen molar-refractivity contribution in [1.29, 1.82) is 0 Å². The molecule has 0 saturated carbocycles. The molecule has 104 valence electrons. The highest BCUT2D eigenvalue weighted by Gasteiger charge is 2.26. The Labute approximate surface area is 114 Å². The molecule has 0 unspecified atom stereocenters. The number of benzene rings is 1. The molecule has 1 aromatic carbocycles. The minimum absolute atomic E-state index is 0.429. The van der Waals surface area contributed by atoms with Gasteiger partial charge in [-0.25, -0.2) is 13.1 Å². The van der Waals surface area contributed by atoms with Gasteiger partial charge in [0.05, 0.1) is 4.90 Å². The molecule has 1 aromatic rings. The fourth-order valence-electron chi connectivity index (χ4n) is 3.03. The average Bonchev–Trinajstić information content (AvgIpc) is 2.66. The van der Waals surface area contributed by atoms with Crippen molar-refractivity contribution in [1.82, 2.24) is 9.62 Å². The minimum Gasteiger partial charge on any atom is -0.299 e. The molecule has 0 aliphatic carbocycles. The normalized spacial score (nSPS) is 26.3. The first-order chi connectivity index (χ1) is 9.04. The van der Waals surface area contributed by atoms with Crippen LogP contribution in [0, 0.1) is 5.92 Å². The standard InChI is InChI=1S/C14H20N2O2S/c1-11-3-2-6-16(9-11)10-12-4-5-13-8-15-19(17,18)14(13)7-12/h4-5,7,11,15H,2-3,6,8-10H2,1H3/t11-/m0/s1. The topological polar surface area (TPSA) is 49.4 Å². The van der Waals surface area contributed by atoms with E-state index in [4.69, 9.17) is 0 Å². The Balaban J connectivity index is 1.79. The number of sulfonamides is 1. The van der Waals surface area contributed by atoms with Gasteiger partial charge in [-0.3, -0.25) is 4.90 Å². The third kappa shape index (κ3) is 2.68. The van der Waals surface area contributed by atoms with E-state index in [0.29, 0.717) is 11.4 Å². The van der Waals surface area contributed by atoms with E-state index in [1.54, 1.807) is 0 Å². The molecule has 2 heterocycles. The van der Waals surface area contributed by atoms with Crippen LogP contribution >= 0.6 is 0 Å². The van der Waals surface area contributed by atoms with Crippen LogP contribution in [0.2, 0.25) is 0 Å². The van der Waals surface area contributed by atoms with Gasteiger partial charge in [-0.05, 0) is 42.5 Å². The van der Waals surface area contributed by atoms with Crippen LogP contribution in [-0.4, -0.2) is 26.4 Å². The molecular weight excluding hydrogens is 260 g/mol. The number of nitrogens with one attached hydrogen (secondary N) is 1. The van der Waals surface area contributed by atoms with Crippen molar-refractivity contribution < 1.29 is 8.42 Å². The minimum atomic E-state index is -3.25. The van der Waals surface area contributed by atoms with Crippen molar-refractivity contribution in [3.63, 3.8) is 0 Å². The lowest BCUT2D eigenvalue weighted by molar-refractivity contribution is 0.176. The number of fused-ring (bicyclic) bond motifs is 1. The van der Waals surface area contributed by atoms with Crippen LogP contribution in [0.15, 0.2) is 23.1 Å². The first kappa shape index (κ1) is 13.1. The largest absolute Gasteiger partial charge is 0.299 e. The Bertz CT molecular complexity index is 583. The van der Waals surface area contributed by atoms with Crippen molar-refractivity contribution in [3.05, 3.63) is 29.3 Å². The molecule has 2 aliphatic heterocycles. The molecule has 19 heavy (non-hydrogen) atoms. The van der Waals surface area contributed by atoms with Gasteiger partial charge in [0.2, 0.25) is 10.0 Å². The summed E-state index contributed by atoms with van der Waals surface area (Å²) in [6, 6.07) is 5.83. The van der Waals surface area contributed by atoms with E-state index >= 15 is 0 Å². The van der Waals surface area contributed by atoms with Crippen molar-refractivity contribution in [2.75, 3.05) is 13.1 Å². The highest BCUT2D eigenvalue weighted by Crippen LogP contribution is 2.25. The van der Waals surface area contributed by atoms with Crippen LogP contribution in [-0.2, 0) is 23.1 Å². The molecule has 0 aromatic heterocycles. The molecule has 2 aliphatic rings. The molecule has 0 spiro atoms. The molecule has 1 N–H and O–H groups in total. The van der Waals surface area contributed by atoms with Gasteiger partial charge in [0.25, 0.3) is 0 Å². The lowest BCUT2D eigenvalue weighted by atomic mass is 9.99. The monoisotopic (exact) mass is 280 g/mol. The highest BCUT2D eigenvalue weighted by atomic mass is 32.2. The van der Waals surface area contributed by atoms with Gasteiger partial charge in [-0.1, -0.05) is 19.1 Å². The number of hydrogen-bond acceptors (Lipinski definition) is 3. The van der Waals surface area contributed by atoms with E-state index in [2.05, 4.69) is 22.6 Å². The highest BCUT2D eigenvalue weighted by molar-refractivity contribution is 7.89. The Morgan fingerprint density at radius 1 is 1.42 bits per heavy atom. The third-order valence-corrected chi connectivity index (χ3v) is 5.50. The van der Waals surface area contributed by atoms with Crippen LogP contribution in [0.1, 0.15) is 30.9 Å². The fraction of sp³-hybridized carbons (Fsp3) is 0.571. The molecule has 0 bridgehead atoms. The zero-order chi connectivity index (χ0) is 13.5. The summed E-state index contributed by atoms with van der Waals surface area (Å²) in [6.45, 7) is 5.80. The second kappa shape index (κ2) is 4.89. The summed E-state index contributed by atoms with van der Waals surface area (Å²) in [4.78, 5) is 2.89. The summed E-state index contributed by atoms with van der Waals surface area (Å²) in [6.07, 6.45) is 2.55. The van der Waals surface area contributed by atoms with E-state index in [0.717, 1.165) is 36.7 Å². The van der Waals surface area contributed by atoms with Gasteiger partial charge in [-0.15, -0.1) is 0 Å². The second-order valence-corrected chi connectivity index (χ2v) is 7.48. The molecule has 1 atom stereocenters. The lowest BCUT2D eigenvalue weighted by Crippen LogP contribution is -2.33. The zero-order valence-corrected chi connectivity index (χ0v) is 12.0. The predicted octanol–water partition coefficient (Wildman–Crippen LogP) is 1.71. The Kier molecular flexibility index (Phi) is 3.37. The summed E-state index contributed by atoms with van der Waals surface area (Å²) in [5.41, 5.74) is 1.98. The molecule has 5 heteroatoms. The maximum Gasteiger partial charge on any atom is 0.241 e. The molecule has 1 fully saturated rings. The van der Waals surface area contributed by atoms with Gasteiger partial charge in [0.1, 0.15) is 0 Å². The number of likely N-dealkylation sites (tertiary alicyclic amines) is 1. The van der Waals surface area contributed by atoms with Gasteiger partial charge < -0.3 is 0 Å². The molecule has 0 amide bonds. The zero-order valence-electron chi connectivity index (χ0n) is 11.2. The van der Waals surface area contributed by atoms with Crippen LogP contribution < -0.4 is 4.72 Å². The first-order valence-corrected chi connectivity index (χ1v) is 8.37. The van der Waals surface area contributed by atoms with Crippen molar-refractivity contribution >= 4 is 10.0 Å². The first-order valence-electron chi connectivity index (χ1n) is 6.88. The van der Waals surface area contributed by atoms with Gasteiger partial charge in [0.15, 0.2) is 0 Å². The van der Waals surface area contributed by atoms with Gasteiger partial charge in [0, 0.05) is 19.6 Å². The molecular formula is C14H20N2O2S. The number of nitrogens with zero attached hydrogens (tertiary/aromatic N) is 1. The van der Waals surface area contributed by atoms with Crippen LogP contribution in [0.5, 0.6) is 0 Å². The van der Waals surface area contributed by atoms with Crippen LogP contribution in [0.4, 0.5) is 0 Å². The van der Waals surface area contributed by atoms with Crippen molar-refractivity contribution in [2.45, 2.75) is 37.8 Å². The van der Waals surface area contributed by atoms with Crippen molar-refractivity contribution in [2.24, 2.45) is 5.92 Å². The molecule has 4 nitrogen and oxygen atoms in total. The predicted molar refractivity (Wildman–Crippen MR) is 74.1 cm³/mol. The second-order valence-electron chi connectivity index (χ2n) is 5.75. The maximum absolute atomic E-state index is 11.8. The van der Waals surface area contributed by atoms with E-state index in [1.807, 2.05) is 12.1 Å². The smallest absolute Gasteiger partial charge is 0.241 e. The maximum atomic E-state index is 11.8. The number of piperidine rings is 1. The summed E-state index contributed by atoms with van der Waals surface area (Å²) < 4.78 is 26.2. The summed E-state index contributed by atoms with van der Waals surface area (Å²) >= 11 is 0. The molecule has 0 radical (unpaired) electrons. The number of hydrogen-bond donors (Lipinski definition) is 1. The van der Waals surface area contributed by atoms with Crippen molar-refractivity contribution in [3.8, 4) is 0 Å².